The summed E-state index contributed by atoms with van der Waals surface area (Å²) in [6.45, 7) is 0.396. The summed E-state index contributed by atoms with van der Waals surface area (Å²) in [6, 6.07) is 12.4. The molecule has 1 aliphatic heterocycles. The van der Waals surface area contributed by atoms with E-state index in [9.17, 15) is 18.8 Å². The number of benzene rings is 2. The van der Waals surface area contributed by atoms with Gasteiger partial charge in [0.2, 0.25) is 5.91 Å². The Bertz CT molecular complexity index is 916. The van der Waals surface area contributed by atoms with Crippen molar-refractivity contribution in [2.45, 2.75) is 12.6 Å². The second-order valence-electron chi connectivity index (χ2n) is 7.08. The van der Waals surface area contributed by atoms with E-state index in [-0.39, 0.29) is 36.8 Å². The van der Waals surface area contributed by atoms with Crippen LogP contribution in [0.3, 0.4) is 0 Å². The van der Waals surface area contributed by atoms with E-state index in [0.717, 1.165) is 10.5 Å². The van der Waals surface area contributed by atoms with Gasteiger partial charge in [-0.25, -0.2) is 9.18 Å². The molecule has 1 atom stereocenters. The van der Waals surface area contributed by atoms with Gasteiger partial charge in [-0.15, -0.1) is 0 Å². The molecule has 1 fully saturated rings. The minimum absolute atomic E-state index is 0.00891. The minimum atomic E-state index is -0.436. The number of hydrogen-bond acceptors (Lipinski definition) is 4. The van der Waals surface area contributed by atoms with Gasteiger partial charge in [-0.1, -0.05) is 24.3 Å². The number of carbonyl (C=O) groups excluding carboxylic acids is 3. The first-order chi connectivity index (χ1) is 13.8. The van der Waals surface area contributed by atoms with Gasteiger partial charge in [0.1, 0.15) is 5.82 Å². The number of halogens is 1. The monoisotopic (exact) mass is 398 g/mol. The van der Waals surface area contributed by atoms with E-state index in [0.29, 0.717) is 17.7 Å². The summed E-state index contributed by atoms with van der Waals surface area (Å²) in [5.41, 5.74) is 1.87. The number of urea groups is 1. The molecule has 4 amide bonds. The van der Waals surface area contributed by atoms with E-state index in [1.165, 1.54) is 12.1 Å². The maximum atomic E-state index is 13.6. The highest BCUT2D eigenvalue weighted by molar-refractivity contribution is 6.02. The molecule has 0 saturated carbocycles. The fourth-order valence-electron chi connectivity index (χ4n) is 3.21. The van der Waals surface area contributed by atoms with Crippen LogP contribution in [0, 0.1) is 5.82 Å². The Hall–Kier alpha value is -3.26. The van der Waals surface area contributed by atoms with Gasteiger partial charge in [-0.3, -0.25) is 14.5 Å². The number of hydrogen-bond donors (Lipinski definition) is 2. The van der Waals surface area contributed by atoms with E-state index in [1.807, 2.05) is 25.1 Å². The predicted octanol–water partition coefficient (Wildman–Crippen LogP) is 1.91. The Morgan fingerprint density at radius 3 is 2.62 bits per heavy atom. The molecular formula is C21H23FN4O3. The summed E-state index contributed by atoms with van der Waals surface area (Å²) in [5.74, 6) is -0.907. The second-order valence-corrected chi connectivity index (χ2v) is 7.08. The van der Waals surface area contributed by atoms with Gasteiger partial charge < -0.3 is 15.5 Å². The van der Waals surface area contributed by atoms with Gasteiger partial charge in [0, 0.05) is 12.1 Å². The van der Waals surface area contributed by atoms with Crippen molar-refractivity contribution in [3.8, 4) is 0 Å². The van der Waals surface area contributed by atoms with Crippen molar-refractivity contribution in [1.29, 1.82) is 0 Å². The average molecular weight is 398 g/mol. The fraction of sp³-hybridized carbons (Fsp3) is 0.286. The lowest BCUT2D eigenvalue weighted by atomic mass is 10.1. The molecule has 2 aromatic carbocycles. The first-order valence-electron chi connectivity index (χ1n) is 9.22. The normalized spacial score (nSPS) is 14.8. The number of carbonyl (C=O) groups is 3. The molecule has 7 nitrogen and oxygen atoms in total. The number of imide groups is 1. The van der Waals surface area contributed by atoms with Gasteiger partial charge in [0.15, 0.2) is 0 Å². The van der Waals surface area contributed by atoms with Crippen molar-refractivity contribution >= 4 is 17.8 Å². The number of amides is 4. The fourth-order valence-corrected chi connectivity index (χ4v) is 3.21. The van der Waals surface area contributed by atoms with Crippen LogP contribution in [0.4, 0.5) is 9.18 Å². The molecule has 152 valence electrons. The molecule has 1 saturated heterocycles. The van der Waals surface area contributed by atoms with Gasteiger partial charge in [0.05, 0.1) is 19.1 Å². The SMILES string of the molecule is CN(C)C(CNC(=O)c1cccc(CN2C(=O)CNC2=O)c1)c1cccc(F)c1. The number of nitrogens with one attached hydrogen (secondary N) is 2. The summed E-state index contributed by atoms with van der Waals surface area (Å²) in [7, 11) is 3.72. The molecule has 0 aromatic heterocycles. The van der Waals surface area contributed by atoms with Crippen LogP contribution in [-0.4, -0.2) is 54.8 Å². The van der Waals surface area contributed by atoms with Crippen LogP contribution >= 0.6 is 0 Å². The van der Waals surface area contributed by atoms with Crippen molar-refractivity contribution in [3.63, 3.8) is 0 Å². The second kappa shape index (κ2) is 8.83. The van der Waals surface area contributed by atoms with Crippen LogP contribution in [0.15, 0.2) is 48.5 Å². The van der Waals surface area contributed by atoms with E-state index in [4.69, 9.17) is 0 Å². The Balaban J connectivity index is 1.67. The highest BCUT2D eigenvalue weighted by Crippen LogP contribution is 2.18. The standard InChI is InChI=1S/C21H23FN4O3/c1-25(2)18(15-6-4-8-17(22)10-15)11-23-20(28)16-7-3-5-14(9-16)13-26-19(27)12-24-21(26)29/h3-10,18H,11-13H2,1-2H3,(H,23,28)(H,24,29). The topological polar surface area (TPSA) is 81.8 Å². The van der Waals surface area contributed by atoms with E-state index < -0.39 is 6.03 Å². The zero-order chi connectivity index (χ0) is 21.0. The third kappa shape index (κ3) is 4.97. The van der Waals surface area contributed by atoms with Crippen molar-refractivity contribution < 1.29 is 18.8 Å². The van der Waals surface area contributed by atoms with Gasteiger partial charge >= 0.3 is 6.03 Å². The summed E-state index contributed by atoms with van der Waals surface area (Å²) < 4.78 is 13.6. The molecule has 8 heteroatoms. The molecule has 0 spiro atoms. The smallest absolute Gasteiger partial charge is 0.324 e. The molecule has 2 aromatic rings. The number of nitrogens with zero attached hydrogens (tertiary/aromatic N) is 2. The molecule has 0 radical (unpaired) electrons. The van der Waals surface area contributed by atoms with E-state index >= 15 is 0 Å². The highest BCUT2D eigenvalue weighted by atomic mass is 19.1. The average Bonchev–Trinajstić information content (AvgIpc) is 3.00. The third-order valence-corrected chi connectivity index (χ3v) is 4.78. The molecule has 0 bridgehead atoms. The van der Waals surface area contributed by atoms with Gasteiger partial charge in [0.25, 0.3) is 5.91 Å². The molecule has 2 N–H and O–H groups in total. The first kappa shape index (κ1) is 20.5. The Labute approximate surface area is 168 Å². The van der Waals surface area contributed by atoms with Crippen LogP contribution < -0.4 is 10.6 Å². The summed E-state index contributed by atoms with van der Waals surface area (Å²) in [4.78, 5) is 39.1. The molecule has 29 heavy (non-hydrogen) atoms. The molecule has 0 aliphatic carbocycles. The molecular weight excluding hydrogens is 375 g/mol. The summed E-state index contributed by atoms with van der Waals surface area (Å²) in [6.07, 6.45) is 0. The van der Waals surface area contributed by atoms with Crippen LogP contribution in [0.2, 0.25) is 0 Å². The molecule has 1 heterocycles. The Morgan fingerprint density at radius 2 is 1.97 bits per heavy atom. The van der Waals surface area contributed by atoms with Crippen LogP contribution in [0.5, 0.6) is 0 Å². The maximum absolute atomic E-state index is 13.6. The van der Waals surface area contributed by atoms with E-state index in [1.54, 1.807) is 30.3 Å². The van der Waals surface area contributed by atoms with Crippen LogP contribution in [0.1, 0.15) is 27.5 Å². The zero-order valence-electron chi connectivity index (χ0n) is 16.3. The van der Waals surface area contributed by atoms with Crippen molar-refractivity contribution in [2.24, 2.45) is 0 Å². The lowest BCUT2D eigenvalue weighted by Gasteiger charge is -2.25. The van der Waals surface area contributed by atoms with Crippen molar-refractivity contribution in [1.82, 2.24) is 20.4 Å². The maximum Gasteiger partial charge on any atom is 0.324 e. The molecule has 3 rings (SSSR count). The van der Waals surface area contributed by atoms with Crippen LogP contribution in [0.25, 0.3) is 0 Å². The number of rotatable bonds is 7. The van der Waals surface area contributed by atoms with Gasteiger partial charge in [-0.05, 0) is 49.5 Å². The lowest BCUT2D eigenvalue weighted by molar-refractivity contribution is -0.125. The quantitative estimate of drug-likeness (QED) is 0.698. The summed E-state index contributed by atoms with van der Waals surface area (Å²) >= 11 is 0. The van der Waals surface area contributed by atoms with Gasteiger partial charge in [-0.2, -0.15) is 0 Å². The number of likely N-dealkylation sites (N-methyl/N-ethyl adjacent to an activating group) is 1. The van der Waals surface area contributed by atoms with E-state index in [2.05, 4.69) is 10.6 Å². The Kier molecular flexibility index (Phi) is 6.23. The lowest BCUT2D eigenvalue weighted by Crippen LogP contribution is -2.34. The van der Waals surface area contributed by atoms with Crippen molar-refractivity contribution in [2.75, 3.05) is 27.2 Å². The molecule has 1 aliphatic rings. The first-order valence-corrected chi connectivity index (χ1v) is 9.22. The zero-order valence-corrected chi connectivity index (χ0v) is 16.3. The minimum Gasteiger partial charge on any atom is -0.350 e. The summed E-state index contributed by atoms with van der Waals surface area (Å²) in [5, 5.41) is 5.34. The Morgan fingerprint density at radius 1 is 1.21 bits per heavy atom. The predicted molar refractivity (Wildman–Crippen MR) is 106 cm³/mol. The van der Waals surface area contributed by atoms with Crippen LogP contribution in [-0.2, 0) is 11.3 Å². The third-order valence-electron chi connectivity index (χ3n) is 4.78. The highest BCUT2D eigenvalue weighted by Gasteiger charge is 2.28. The largest absolute Gasteiger partial charge is 0.350 e. The molecule has 1 unspecified atom stereocenters. The van der Waals surface area contributed by atoms with Crippen molar-refractivity contribution in [3.05, 3.63) is 71.0 Å².